The Balaban J connectivity index is 1.35. The van der Waals surface area contributed by atoms with E-state index in [4.69, 9.17) is 4.74 Å². The zero-order valence-corrected chi connectivity index (χ0v) is 20.5. The lowest BCUT2D eigenvalue weighted by Crippen LogP contribution is -2.29. The van der Waals surface area contributed by atoms with Gasteiger partial charge in [-0.3, -0.25) is 4.90 Å². The summed E-state index contributed by atoms with van der Waals surface area (Å²) in [6.07, 6.45) is 9.62. The number of aromatic nitrogens is 2. The van der Waals surface area contributed by atoms with Crippen LogP contribution in [0.5, 0.6) is 5.75 Å². The molecule has 0 spiro atoms. The number of benzene rings is 3. The van der Waals surface area contributed by atoms with Crippen LogP contribution in [0.4, 0.5) is 5.69 Å². The van der Waals surface area contributed by atoms with Gasteiger partial charge in [-0.05, 0) is 79.0 Å². The lowest BCUT2D eigenvalue weighted by atomic mass is 10.1. The summed E-state index contributed by atoms with van der Waals surface area (Å²) >= 11 is 0. The Labute approximate surface area is 208 Å². The summed E-state index contributed by atoms with van der Waals surface area (Å²) in [6.45, 7) is 5.13. The number of nitrogens with zero attached hydrogens (tertiary/aromatic N) is 4. The van der Waals surface area contributed by atoms with Crippen LogP contribution in [0.2, 0.25) is 0 Å². The van der Waals surface area contributed by atoms with Gasteiger partial charge in [0.05, 0.1) is 13.4 Å². The number of hydrogen-bond donors (Lipinski definition) is 0. The second kappa shape index (κ2) is 11.2. The summed E-state index contributed by atoms with van der Waals surface area (Å²) in [7, 11) is 1.72. The molecule has 4 aromatic rings. The number of hydrogen-bond acceptors (Lipinski definition) is 4. The number of ether oxygens (including phenoxy) is 1. The fraction of sp³-hybridized carbons (Fsp3) is 0.300. The Morgan fingerprint density at radius 3 is 2.29 bits per heavy atom. The summed E-state index contributed by atoms with van der Waals surface area (Å²) in [6, 6.07) is 26.2. The van der Waals surface area contributed by atoms with Gasteiger partial charge < -0.3 is 14.2 Å². The molecule has 0 unspecified atom stereocenters. The molecule has 5 heteroatoms. The van der Waals surface area contributed by atoms with E-state index < -0.39 is 0 Å². The molecule has 0 saturated carbocycles. The molecule has 1 aliphatic rings. The highest BCUT2D eigenvalue weighted by Crippen LogP contribution is 2.24. The standard InChI is InChI=1S/C30H34N4O/c1-35-30-7-5-6-27(20-30)23-34(22-26-10-12-28(13-11-26)33-19-16-31-24-33)29-14-8-25(9-15-29)21-32-17-3-2-4-18-32/h5-16,19-20,24H,2-4,17-18,21-23H2,1H3. The number of anilines is 1. The average molecular weight is 467 g/mol. The zero-order chi connectivity index (χ0) is 23.9. The van der Waals surface area contributed by atoms with Crippen LogP contribution in [0.3, 0.4) is 0 Å². The minimum atomic E-state index is 0.811. The van der Waals surface area contributed by atoms with Gasteiger partial charge in [-0.25, -0.2) is 4.98 Å². The Hall–Kier alpha value is -3.57. The highest BCUT2D eigenvalue weighted by atomic mass is 16.5. The average Bonchev–Trinajstić information content (AvgIpc) is 3.45. The van der Waals surface area contributed by atoms with Gasteiger partial charge in [0, 0.05) is 43.4 Å². The van der Waals surface area contributed by atoms with Crippen LogP contribution < -0.4 is 9.64 Å². The van der Waals surface area contributed by atoms with E-state index >= 15 is 0 Å². The normalized spacial score (nSPS) is 14.1. The van der Waals surface area contributed by atoms with Crippen molar-refractivity contribution in [2.75, 3.05) is 25.1 Å². The second-order valence-corrected chi connectivity index (χ2v) is 9.35. The quantitative estimate of drug-likeness (QED) is 0.300. The van der Waals surface area contributed by atoms with Crippen LogP contribution in [-0.4, -0.2) is 34.7 Å². The topological polar surface area (TPSA) is 33.5 Å². The van der Waals surface area contributed by atoms with Crippen molar-refractivity contribution in [3.63, 3.8) is 0 Å². The largest absolute Gasteiger partial charge is 0.497 e. The van der Waals surface area contributed by atoms with Gasteiger partial charge in [0.25, 0.3) is 0 Å². The highest BCUT2D eigenvalue weighted by Gasteiger charge is 2.13. The van der Waals surface area contributed by atoms with E-state index in [1.165, 1.54) is 54.7 Å². The van der Waals surface area contributed by atoms with E-state index in [9.17, 15) is 0 Å². The summed E-state index contributed by atoms with van der Waals surface area (Å²) < 4.78 is 7.49. The Morgan fingerprint density at radius 2 is 1.57 bits per heavy atom. The van der Waals surface area contributed by atoms with Gasteiger partial charge in [0.1, 0.15) is 5.75 Å². The molecule has 180 valence electrons. The molecular weight excluding hydrogens is 432 g/mol. The van der Waals surface area contributed by atoms with Crippen molar-refractivity contribution >= 4 is 5.69 Å². The molecule has 1 aliphatic heterocycles. The fourth-order valence-corrected chi connectivity index (χ4v) is 4.82. The third-order valence-corrected chi connectivity index (χ3v) is 6.78. The fourth-order valence-electron chi connectivity index (χ4n) is 4.82. The van der Waals surface area contributed by atoms with Crippen molar-refractivity contribution in [3.05, 3.63) is 108 Å². The Morgan fingerprint density at radius 1 is 0.829 bits per heavy atom. The van der Waals surface area contributed by atoms with Gasteiger partial charge in [0.2, 0.25) is 0 Å². The summed E-state index contributed by atoms with van der Waals surface area (Å²) in [5, 5.41) is 0. The minimum absolute atomic E-state index is 0.811. The molecule has 2 heterocycles. The van der Waals surface area contributed by atoms with E-state index in [-0.39, 0.29) is 0 Å². The molecule has 0 aliphatic carbocycles. The van der Waals surface area contributed by atoms with Gasteiger partial charge in [-0.2, -0.15) is 0 Å². The maximum atomic E-state index is 5.47. The molecular formula is C30H34N4O. The number of piperidine rings is 1. The van der Waals surface area contributed by atoms with Gasteiger partial charge in [-0.1, -0.05) is 42.8 Å². The van der Waals surface area contributed by atoms with Crippen molar-refractivity contribution in [1.82, 2.24) is 14.5 Å². The number of likely N-dealkylation sites (tertiary alicyclic amines) is 1. The predicted octanol–water partition coefficient (Wildman–Crippen LogP) is 6.07. The summed E-state index contributed by atoms with van der Waals surface area (Å²) in [5.41, 5.74) is 6.24. The van der Waals surface area contributed by atoms with Crippen LogP contribution in [0.25, 0.3) is 5.69 Å². The van der Waals surface area contributed by atoms with E-state index in [0.29, 0.717) is 0 Å². The maximum Gasteiger partial charge on any atom is 0.119 e. The van der Waals surface area contributed by atoms with Crippen LogP contribution >= 0.6 is 0 Å². The molecule has 0 amide bonds. The smallest absolute Gasteiger partial charge is 0.119 e. The molecule has 0 radical (unpaired) electrons. The third-order valence-electron chi connectivity index (χ3n) is 6.78. The molecule has 0 N–H and O–H groups in total. The van der Waals surface area contributed by atoms with Crippen molar-refractivity contribution in [2.24, 2.45) is 0 Å². The molecule has 5 rings (SSSR count). The van der Waals surface area contributed by atoms with Gasteiger partial charge in [0.15, 0.2) is 0 Å². The summed E-state index contributed by atoms with van der Waals surface area (Å²) in [5.74, 6) is 0.893. The van der Waals surface area contributed by atoms with E-state index in [2.05, 4.69) is 81.5 Å². The number of rotatable bonds is 9. The van der Waals surface area contributed by atoms with E-state index in [0.717, 1.165) is 31.1 Å². The lowest BCUT2D eigenvalue weighted by Gasteiger charge is -2.28. The first-order valence-corrected chi connectivity index (χ1v) is 12.5. The van der Waals surface area contributed by atoms with Crippen LogP contribution in [0.1, 0.15) is 36.0 Å². The SMILES string of the molecule is COc1cccc(CN(Cc2ccc(-n3ccnc3)cc2)c2ccc(CN3CCCCC3)cc2)c1. The van der Waals surface area contributed by atoms with Crippen molar-refractivity contribution < 1.29 is 4.74 Å². The minimum Gasteiger partial charge on any atom is -0.497 e. The van der Waals surface area contributed by atoms with E-state index in [1.54, 1.807) is 13.3 Å². The van der Waals surface area contributed by atoms with Crippen LogP contribution in [0.15, 0.2) is 91.5 Å². The number of methoxy groups -OCH3 is 1. The van der Waals surface area contributed by atoms with Crippen molar-refractivity contribution in [3.8, 4) is 11.4 Å². The van der Waals surface area contributed by atoms with Crippen molar-refractivity contribution in [1.29, 1.82) is 0 Å². The first-order chi connectivity index (χ1) is 17.3. The first kappa shape index (κ1) is 23.2. The number of imidazole rings is 1. The first-order valence-electron chi connectivity index (χ1n) is 12.5. The molecule has 3 aromatic carbocycles. The Bertz CT molecular complexity index is 1180. The van der Waals surface area contributed by atoms with Crippen LogP contribution in [0, 0.1) is 0 Å². The van der Waals surface area contributed by atoms with Crippen molar-refractivity contribution in [2.45, 2.75) is 38.9 Å². The Kier molecular flexibility index (Phi) is 7.44. The lowest BCUT2D eigenvalue weighted by molar-refractivity contribution is 0.221. The monoisotopic (exact) mass is 466 g/mol. The molecule has 5 nitrogen and oxygen atoms in total. The molecule has 0 atom stereocenters. The molecule has 1 aromatic heterocycles. The third kappa shape index (κ3) is 6.11. The second-order valence-electron chi connectivity index (χ2n) is 9.35. The molecule has 1 saturated heterocycles. The predicted molar refractivity (Wildman–Crippen MR) is 142 cm³/mol. The molecule has 1 fully saturated rings. The van der Waals surface area contributed by atoms with Crippen LogP contribution in [-0.2, 0) is 19.6 Å². The maximum absolute atomic E-state index is 5.47. The molecule has 0 bridgehead atoms. The highest BCUT2D eigenvalue weighted by molar-refractivity contribution is 5.50. The molecule has 35 heavy (non-hydrogen) atoms. The zero-order valence-electron chi connectivity index (χ0n) is 20.5. The van der Waals surface area contributed by atoms with E-state index in [1.807, 2.05) is 23.2 Å². The summed E-state index contributed by atoms with van der Waals surface area (Å²) in [4.78, 5) is 9.17. The van der Waals surface area contributed by atoms with Gasteiger partial charge >= 0.3 is 0 Å². The van der Waals surface area contributed by atoms with Gasteiger partial charge in [-0.15, -0.1) is 0 Å².